The van der Waals surface area contributed by atoms with Gasteiger partial charge < -0.3 is 0 Å². The zero-order chi connectivity index (χ0) is 13.8. The van der Waals surface area contributed by atoms with E-state index >= 15 is 0 Å². The number of nitriles is 2. The Morgan fingerprint density at radius 3 is 2.50 bits per heavy atom. The van der Waals surface area contributed by atoms with Crippen LogP contribution in [0, 0.1) is 28.6 Å². The van der Waals surface area contributed by atoms with E-state index in [4.69, 9.17) is 10.5 Å². The number of nitrogens with zero attached hydrogens (tertiary/aromatic N) is 3. The maximum atomic E-state index is 12.2. The molecule has 0 aliphatic heterocycles. The molecule has 0 fully saturated rings. The number of rotatable bonds is 4. The summed E-state index contributed by atoms with van der Waals surface area (Å²) in [5.74, 6) is -0.404. The first-order valence-corrected chi connectivity index (χ1v) is 6.72. The van der Waals surface area contributed by atoms with Crippen LogP contribution in [0.1, 0.15) is 12.5 Å². The second kappa shape index (κ2) is 5.63. The van der Waals surface area contributed by atoms with Crippen molar-refractivity contribution in [1.29, 1.82) is 10.5 Å². The van der Waals surface area contributed by atoms with Crippen LogP contribution in [0.4, 0.5) is 0 Å². The predicted octanol–water partition coefficient (Wildman–Crippen LogP) is 1.34. The van der Waals surface area contributed by atoms with Gasteiger partial charge in [0.05, 0.1) is 22.4 Å². The quantitative estimate of drug-likeness (QED) is 0.820. The van der Waals surface area contributed by atoms with E-state index in [1.54, 1.807) is 19.1 Å². The van der Waals surface area contributed by atoms with Gasteiger partial charge in [-0.1, -0.05) is 12.1 Å². The van der Waals surface area contributed by atoms with E-state index in [1.165, 1.54) is 19.2 Å². The van der Waals surface area contributed by atoms with Crippen molar-refractivity contribution < 1.29 is 8.42 Å². The smallest absolute Gasteiger partial charge is 0.207 e. The monoisotopic (exact) mass is 263 g/mol. The Hall–Kier alpha value is -1.89. The van der Waals surface area contributed by atoms with E-state index in [0.717, 1.165) is 4.31 Å². The van der Waals surface area contributed by atoms with Crippen LogP contribution in [0.3, 0.4) is 0 Å². The fraction of sp³-hybridized carbons (Fsp3) is 0.333. The molecule has 0 bridgehead atoms. The summed E-state index contributed by atoms with van der Waals surface area (Å²) < 4.78 is 25.6. The zero-order valence-corrected chi connectivity index (χ0v) is 11.0. The molecule has 0 saturated carbocycles. The normalized spacial score (nSPS) is 12.7. The standard InChI is InChI=1S/C12H13N3O2S/c1-10(7-13)9-15(2)18(16,17)12-6-4-3-5-11(12)8-14/h3-6,10H,9H2,1-2H3. The van der Waals surface area contributed by atoms with Crippen LogP contribution in [0.25, 0.3) is 0 Å². The molecule has 1 rings (SSSR count). The van der Waals surface area contributed by atoms with Crippen LogP contribution in [-0.2, 0) is 10.0 Å². The molecular weight excluding hydrogens is 250 g/mol. The van der Waals surface area contributed by atoms with Crippen molar-refractivity contribution in [3.8, 4) is 12.1 Å². The minimum Gasteiger partial charge on any atom is -0.207 e. The molecule has 18 heavy (non-hydrogen) atoms. The number of hydrogen-bond donors (Lipinski definition) is 0. The van der Waals surface area contributed by atoms with Crippen LogP contribution in [0.2, 0.25) is 0 Å². The van der Waals surface area contributed by atoms with Crippen molar-refractivity contribution >= 4 is 10.0 Å². The van der Waals surface area contributed by atoms with E-state index in [0.29, 0.717) is 0 Å². The van der Waals surface area contributed by atoms with Gasteiger partial charge in [0.15, 0.2) is 0 Å². The van der Waals surface area contributed by atoms with Gasteiger partial charge in [0.2, 0.25) is 10.0 Å². The van der Waals surface area contributed by atoms with Crippen molar-refractivity contribution in [1.82, 2.24) is 4.31 Å². The third-order valence-electron chi connectivity index (χ3n) is 2.45. The highest BCUT2D eigenvalue weighted by Crippen LogP contribution is 2.19. The summed E-state index contributed by atoms with van der Waals surface area (Å²) in [6.07, 6.45) is 0. The summed E-state index contributed by atoms with van der Waals surface area (Å²) >= 11 is 0. The lowest BCUT2D eigenvalue weighted by molar-refractivity contribution is 0.439. The van der Waals surface area contributed by atoms with Gasteiger partial charge in [-0.3, -0.25) is 0 Å². The summed E-state index contributed by atoms with van der Waals surface area (Å²) in [5, 5.41) is 17.6. The number of hydrogen-bond acceptors (Lipinski definition) is 4. The SMILES string of the molecule is CC(C#N)CN(C)S(=O)(=O)c1ccccc1C#N. The molecule has 0 heterocycles. The Kier molecular flexibility index (Phi) is 4.43. The first-order valence-electron chi connectivity index (χ1n) is 5.28. The van der Waals surface area contributed by atoms with Gasteiger partial charge in [-0.2, -0.15) is 14.8 Å². The van der Waals surface area contributed by atoms with Gasteiger partial charge in [-0.25, -0.2) is 8.42 Å². The summed E-state index contributed by atoms with van der Waals surface area (Å²) in [7, 11) is -2.33. The van der Waals surface area contributed by atoms with Crippen molar-refractivity contribution in [2.45, 2.75) is 11.8 Å². The van der Waals surface area contributed by atoms with Crippen molar-refractivity contribution in [2.75, 3.05) is 13.6 Å². The third kappa shape index (κ3) is 2.86. The molecule has 5 nitrogen and oxygen atoms in total. The second-order valence-corrected chi connectivity index (χ2v) is 5.94. The highest BCUT2D eigenvalue weighted by molar-refractivity contribution is 7.89. The zero-order valence-electron chi connectivity index (χ0n) is 10.2. The summed E-state index contributed by atoms with van der Waals surface area (Å²) in [5.41, 5.74) is 0.106. The molecule has 0 aliphatic carbocycles. The molecule has 0 saturated heterocycles. The molecule has 0 amide bonds. The van der Waals surface area contributed by atoms with E-state index in [2.05, 4.69) is 0 Å². The van der Waals surface area contributed by atoms with E-state index in [1.807, 2.05) is 12.1 Å². The predicted molar refractivity (Wildman–Crippen MR) is 65.7 cm³/mol. The van der Waals surface area contributed by atoms with Crippen LogP contribution < -0.4 is 0 Å². The third-order valence-corrected chi connectivity index (χ3v) is 4.33. The Labute approximate surface area is 107 Å². The molecule has 0 N–H and O–H groups in total. The lowest BCUT2D eigenvalue weighted by Gasteiger charge is -2.18. The lowest BCUT2D eigenvalue weighted by Crippen LogP contribution is -2.31. The molecule has 1 aromatic carbocycles. The fourth-order valence-electron chi connectivity index (χ4n) is 1.48. The highest BCUT2D eigenvalue weighted by Gasteiger charge is 2.24. The average Bonchev–Trinajstić information content (AvgIpc) is 2.38. The first-order chi connectivity index (χ1) is 8.43. The molecule has 1 atom stereocenters. The molecule has 1 unspecified atom stereocenters. The molecule has 6 heteroatoms. The molecule has 0 aromatic heterocycles. The van der Waals surface area contributed by atoms with Gasteiger partial charge in [0.1, 0.15) is 6.07 Å². The molecule has 0 aliphatic rings. The molecular formula is C12H13N3O2S. The van der Waals surface area contributed by atoms with Crippen molar-refractivity contribution in [3.05, 3.63) is 29.8 Å². The van der Waals surface area contributed by atoms with E-state index in [9.17, 15) is 8.42 Å². The van der Waals surface area contributed by atoms with Crippen LogP contribution in [0.5, 0.6) is 0 Å². The van der Waals surface area contributed by atoms with Gasteiger partial charge in [-0.05, 0) is 19.1 Å². The fourth-order valence-corrected chi connectivity index (χ4v) is 2.87. The van der Waals surface area contributed by atoms with E-state index in [-0.39, 0.29) is 17.0 Å². The Morgan fingerprint density at radius 1 is 1.33 bits per heavy atom. The summed E-state index contributed by atoms with van der Waals surface area (Å²) in [4.78, 5) is -0.0276. The lowest BCUT2D eigenvalue weighted by atomic mass is 10.2. The Morgan fingerprint density at radius 2 is 1.94 bits per heavy atom. The first kappa shape index (κ1) is 14.2. The maximum Gasteiger partial charge on any atom is 0.244 e. The molecule has 94 valence electrons. The van der Waals surface area contributed by atoms with Gasteiger partial charge in [0, 0.05) is 13.6 Å². The maximum absolute atomic E-state index is 12.2. The van der Waals surface area contributed by atoms with E-state index < -0.39 is 15.9 Å². The topological polar surface area (TPSA) is 85.0 Å². The van der Waals surface area contributed by atoms with Crippen LogP contribution in [0.15, 0.2) is 29.2 Å². The van der Waals surface area contributed by atoms with Crippen LogP contribution in [-0.4, -0.2) is 26.3 Å². The second-order valence-electron chi connectivity index (χ2n) is 3.92. The largest absolute Gasteiger partial charge is 0.244 e. The van der Waals surface area contributed by atoms with Crippen molar-refractivity contribution in [3.63, 3.8) is 0 Å². The van der Waals surface area contributed by atoms with Gasteiger partial charge in [-0.15, -0.1) is 0 Å². The minimum absolute atomic E-state index is 0.0276. The minimum atomic E-state index is -3.73. The van der Waals surface area contributed by atoms with Crippen LogP contribution >= 0.6 is 0 Å². The molecule has 1 aromatic rings. The summed E-state index contributed by atoms with van der Waals surface area (Å²) in [6, 6.07) is 9.84. The van der Waals surface area contributed by atoms with Gasteiger partial charge in [0.25, 0.3) is 0 Å². The summed E-state index contributed by atoms with van der Waals surface area (Å²) in [6.45, 7) is 1.74. The van der Waals surface area contributed by atoms with Crippen molar-refractivity contribution in [2.24, 2.45) is 5.92 Å². The Bertz CT molecular complexity index is 611. The average molecular weight is 263 g/mol. The molecule has 0 spiro atoms. The highest BCUT2D eigenvalue weighted by atomic mass is 32.2. The Balaban J connectivity index is 3.15. The molecule has 0 radical (unpaired) electrons. The van der Waals surface area contributed by atoms with Gasteiger partial charge >= 0.3 is 0 Å². The number of benzene rings is 1. The number of sulfonamides is 1.